The van der Waals surface area contributed by atoms with Crippen molar-refractivity contribution in [1.82, 2.24) is 5.32 Å². The summed E-state index contributed by atoms with van der Waals surface area (Å²) in [5.74, 6) is 4.70. The van der Waals surface area contributed by atoms with Gasteiger partial charge in [-0.1, -0.05) is 30.3 Å². The van der Waals surface area contributed by atoms with Crippen LogP contribution >= 0.6 is 0 Å². The molecule has 130 valence electrons. The highest BCUT2D eigenvalue weighted by atomic mass is 32.2. The molecule has 1 saturated heterocycles. The van der Waals surface area contributed by atoms with E-state index in [1.54, 1.807) is 6.26 Å². The lowest BCUT2D eigenvalue weighted by Gasteiger charge is -2.40. The average Bonchev–Trinajstić information content (AvgIpc) is 2.61. The van der Waals surface area contributed by atoms with Crippen LogP contribution in [0.1, 0.15) is 24.0 Å². The number of piperidine rings is 1. The molecule has 1 atom stereocenters. The third-order valence-electron chi connectivity index (χ3n) is 5.00. The standard InChI is InChI=1S/C21H23NO2S/c1-25(2,23)17-8-9-20-18(14-17)19(16-6-4-3-5-7-16)15-21(24-20)10-12-22-13-11-21/h3-9,14-15,22H,1,10-13H2,2H3. The summed E-state index contributed by atoms with van der Waals surface area (Å²) >= 11 is 0. The van der Waals surface area contributed by atoms with Crippen LogP contribution < -0.4 is 10.1 Å². The second-order valence-corrected chi connectivity index (χ2v) is 9.49. The van der Waals surface area contributed by atoms with E-state index >= 15 is 0 Å². The first-order chi connectivity index (χ1) is 12.0. The van der Waals surface area contributed by atoms with Crippen molar-refractivity contribution in [2.45, 2.75) is 23.3 Å². The summed E-state index contributed by atoms with van der Waals surface area (Å²) < 4.78 is 18.9. The van der Waals surface area contributed by atoms with Gasteiger partial charge in [-0.25, -0.2) is 0 Å². The summed E-state index contributed by atoms with van der Waals surface area (Å²) in [5.41, 5.74) is 3.07. The van der Waals surface area contributed by atoms with Crippen LogP contribution in [0.15, 0.2) is 59.5 Å². The largest absolute Gasteiger partial charge is 0.482 e. The fourth-order valence-electron chi connectivity index (χ4n) is 3.62. The maximum atomic E-state index is 12.4. The normalized spacial score (nSPS) is 20.9. The third-order valence-corrected chi connectivity index (χ3v) is 6.25. The number of hydrogen-bond acceptors (Lipinski definition) is 3. The molecule has 4 heteroatoms. The number of ether oxygens (including phenoxy) is 1. The van der Waals surface area contributed by atoms with Gasteiger partial charge in [-0.05, 0) is 63.9 Å². The molecule has 4 rings (SSSR count). The van der Waals surface area contributed by atoms with Gasteiger partial charge in [0.15, 0.2) is 0 Å². The minimum atomic E-state index is -2.27. The number of nitrogens with one attached hydrogen (secondary N) is 1. The Morgan fingerprint density at radius 1 is 1.12 bits per heavy atom. The highest BCUT2D eigenvalue weighted by Crippen LogP contribution is 2.43. The van der Waals surface area contributed by atoms with Gasteiger partial charge < -0.3 is 10.1 Å². The lowest BCUT2D eigenvalue weighted by Crippen LogP contribution is -2.46. The van der Waals surface area contributed by atoms with Gasteiger partial charge in [-0.15, -0.1) is 0 Å². The van der Waals surface area contributed by atoms with Crippen molar-refractivity contribution in [3.05, 3.63) is 65.7 Å². The Balaban J connectivity index is 1.90. The Morgan fingerprint density at radius 3 is 2.52 bits per heavy atom. The number of rotatable bonds is 2. The molecule has 2 heterocycles. The van der Waals surface area contributed by atoms with Crippen molar-refractivity contribution in [3.8, 4) is 5.75 Å². The topological polar surface area (TPSA) is 38.3 Å². The zero-order chi connectivity index (χ0) is 17.5. The highest BCUT2D eigenvalue weighted by Gasteiger charge is 2.37. The van der Waals surface area contributed by atoms with E-state index in [2.05, 4.69) is 41.5 Å². The molecule has 1 N–H and O–H groups in total. The van der Waals surface area contributed by atoms with Gasteiger partial charge in [0.1, 0.15) is 11.4 Å². The van der Waals surface area contributed by atoms with Crippen LogP contribution in [0.5, 0.6) is 5.75 Å². The van der Waals surface area contributed by atoms with Crippen LogP contribution in [0.3, 0.4) is 0 Å². The molecule has 0 aliphatic carbocycles. The molecule has 25 heavy (non-hydrogen) atoms. The SMILES string of the molecule is C=S(C)(=O)c1ccc2c(c1)C(c1ccccc1)=CC1(CCNCC1)O2. The molecule has 3 nitrogen and oxygen atoms in total. The highest BCUT2D eigenvalue weighted by molar-refractivity contribution is 7.99. The second-order valence-electron chi connectivity index (χ2n) is 7.00. The van der Waals surface area contributed by atoms with Gasteiger partial charge in [-0.2, -0.15) is 0 Å². The summed E-state index contributed by atoms with van der Waals surface area (Å²) in [6.45, 7) is 1.90. The molecule has 0 bridgehead atoms. The van der Waals surface area contributed by atoms with Crippen molar-refractivity contribution in [2.75, 3.05) is 19.3 Å². The summed E-state index contributed by atoms with van der Waals surface area (Å²) in [6.07, 6.45) is 5.85. The average molecular weight is 353 g/mol. The Morgan fingerprint density at radius 2 is 1.84 bits per heavy atom. The van der Waals surface area contributed by atoms with E-state index in [1.807, 2.05) is 24.3 Å². The van der Waals surface area contributed by atoms with E-state index in [0.717, 1.165) is 53.3 Å². The first-order valence-corrected chi connectivity index (χ1v) is 10.8. The molecule has 1 fully saturated rings. The minimum absolute atomic E-state index is 0.261. The molecule has 0 saturated carbocycles. The van der Waals surface area contributed by atoms with E-state index < -0.39 is 9.52 Å². The lowest BCUT2D eigenvalue weighted by molar-refractivity contribution is 0.0816. The molecule has 2 aromatic carbocycles. The minimum Gasteiger partial charge on any atom is -0.482 e. The van der Waals surface area contributed by atoms with Crippen LogP contribution in [0.4, 0.5) is 0 Å². The van der Waals surface area contributed by atoms with Crippen molar-refractivity contribution in [2.24, 2.45) is 0 Å². The van der Waals surface area contributed by atoms with E-state index in [9.17, 15) is 4.21 Å². The number of fused-ring (bicyclic) bond motifs is 1. The van der Waals surface area contributed by atoms with E-state index in [-0.39, 0.29) is 5.60 Å². The maximum Gasteiger partial charge on any atom is 0.130 e. The van der Waals surface area contributed by atoms with Gasteiger partial charge in [0, 0.05) is 29.6 Å². The van der Waals surface area contributed by atoms with E-state index in [1.165, 1.54) is 0 Å². The molecule has 0 amide bonds. The van der Waals surface area contributed by atoms with Gasteiger partial charge in [-0.3, -0.25) is 4.21 Å². The van der Waals surface area contributed by atoms with Crippen molar-refractivity contribution < 1.29 is 8.95 Å². The van der Waals surface area contributed by atoms with Crippen LogP contribution in [0, 0.1) is 0 Å². The summed E-state index contributed by atoms with van der Waals surface area (Å²) in [6, 6.07) is 16.2. The molecular formula is C21H23NO2S. The monoisotopic (exact) mass is 353 g/mol. The van der Waals surface area contributed by atoms with Gasteiger partial charge >= 0.3 is 0 Å². The molecule has 0 aromatic heterocycles. The number of benzene rings is 2. The van der Waals surface area contributed by atoms with Crippen LogP contribution in [0.25, 0.3) is 5.57 Å². The van der Waals surface area contributed by atoms with Gasteiger partial charge in [0.05, 0.1) is 0 Å². The van der Waals surface area contributed by atoms with Crippen molar-refractivity contribution >= 4 is 21.0 Å². The van der Waals surface area contributed by atoms with Crippen LogP contribution in [-0.2, 0) is 9.52 Å². The fourth-order valence-corrected chi connectivity index (χ4v) is 4.34. The lowest BCUT2D eigenvalue weighted by atomic mass is 9.83. The van der Waals surface area contributed by atoms with Crippen molar-refractivity contribution in [1.29, 1.82) is 0 Å². The van der Waals surface area contributed by atoms with Gasteiger partial charge in [0.2, 0.25) is 0 Å². The Bertz CT molecular complexity index is 924. The predicted octanol–water partition coefficient (Wildman–Crippen LogP) is 3.34. The first-order valence-electron chi connectivity index (χ1n) is 8.62. The molecular weight excluding hydrogens is 330 g/mol. The molecule has 2 aliphatic rings. The second kappa shape index (κ2) is 6.04. The molecule has 0 radical (unpaired) electrons. The molecule has 1 spiro atoms. The Labute approximate surface area is 149 Å². The Hall–Kier alpha value is -2.04. The summed E-state index contributed by atoms with van der Waals surface area (Å²) in [5, 5.41) is 3.41. The van der Waals surface area contributed by atoms with E-state index in [4.69, 9.17) is 4.74 Å². The Kier molecular flexibility index (Phi) is 3.97. The third kappa shape index (κ3) is 3.12. The smallest absolute Gasteiger partial charge is 0.130 e. The van der Waals surface area contributed by atoms with Crippen LogP contribution in [0.2, 0.25) is 0 Å². The number of hydrogen-bond donors (Lipinski definition) is 1. The summed E-state index contributed by atoms with van der Waals surface area (Å²) in [4.78, 5) is 0.762. The summed E-state index contributed by atoms with van der Waals surface area (Å²) in [7, 11) is -2.27. The first kappa shape index (κ1) is 16.4. The molecule has 2 aromatic rings. The van der Waals surface area contributed by atoms with Crippen LogP contribution in [-0.4, -0.2) is 35.0 Å². The maximum absolute atomic E-state index is 12.4. The van der Waals surface area contributed by atoms with Crippen molar-refractivity contribution in [3.63, 3.8) is 0 Å². The molecule has 1 unspecified atom stereocenters. The predicted molar refractivity (Wildman–Crippen MR) is 105 cm³/mol. The molecule has 2 aliphatic heterocycles. The zero-order valence-electron chi connectivity index (χ0n) is 14.5. The van der Waals surface area contributed by atoms with E-state index in [0.29, 0.717) is 0 Å². The zero-order valence-corrected chi connectivity index (χ0v) is 15.3. The fraction of sp³-hybridized carbons (Fsp3) is 0.286. The quantitative estimate of drug-likeness (QED) is 0.842. The van der Waals surface area contributed by atoms with Gasteiger partial charge in [0.25, 0.3) is 0 Å².